The van der Waals surface area contributed by atoms with Crippen LogP contribution in [0.1, 0.15) is 30.3 Å². The van der Waals surface area contributed by atoms with Gasteiger partial charge in [-0.15, -0.1) is 11.3 Å². The molecular formula is C23H18ClN3O4S2. The van der Waals surface area contributed by atoms with Gasteiger partial charge in [-0.3, -0.25) is 9.36 Å². The van der Waals surface area contributed by atoms with Crippen LogP contribution in [0.5, 0.6) is 5.75 Å². The van der Waals surface area contributed by atoms with E-state index < -0.39 is 12.0 Å². The van der Waals surface area contributed by atoms with E-state index in [9.17, 15) is 9.59 Å². The summed E-state index contributed by atoms with van der Waals surface area (Å²) in [5, 5.41) is 11.2. The molecule has 0 fully saturated rings. The molecule has 4 rings (SSSR count). The molecule has 0 bridgehead atoms. The number of allylic oxidation sites excluding steroid dienone is 1. The molecule has 1 aromatic carbocycles. The fourth-order valence-corrected chi connectivity index (χ4v) is 5.56. The number of nitriles is 1. The van der Waals surface area contributed by atoms with E-state index in [0.717, 1.165) is 4.88 Å². The van der Waals surface area contributed by atoms with E-state index in [1.165, 1.54) is 27.2 Å². The highest BCUT2D eigenvalue weighted by Crippen LogP contribution is 2.33. The molecule has 3 aromatic rings. The lowest BCUT2D eigenvalue weighted by Gasteiger charge is -2.23. The fourth-order valence-electron chi connectivity index (χ4n) is 3.52. The summed E-state index contributed by atoms with van der Waals surface area (Å²) in [5.41, 5.74) is 1.13. The second-order valence-electron chi connectivity index (χ2n) is 6.95. The lowest BCUT2D eigenvalue weighted by molar-refractivity contribution is -0.139. The molecule has 7 nitrogen and oxygen atoms in total. The Morgan fingerprint density at radius 2 is 2.21 bits per heavy atom. The average Bonchev–Trinajstić information content (AvgIpc) is 3.41. The first kappa shape index (κ1) is 23.0. The predicted molar refractivity (Wildman–Crippen MR) is 127 cm³/mol. The Hall–Kier alpha value is -3.19. The summed E-state index contributed by atoms with van der Waals surface area (Å²) in [6.07, 6.45) is 1.66. The molecule has 1 aliphatic heterocycles. The molecule has 33 heavy (non-hydrogen) atoms. The first-order valence-corrected chi connectivity index (χ1v) is 12.0. The van der Waals surface area contributed by atoms with Gasteiger partial charge in [0.2, 0.25) is 0 Å². The molecule has 1 atom stereocenters. The lowest BCUT2D eigenvalue weighted by atomic mass is 10.0. The number of fused-ring (bicyclic) bond motifs is 1. The number of nitrogens with zero attached hydrogens (tertiary/aromatic N) is 3. The van der Waals surface area contributed by atoms with Gasteiger partial charge in [-0.25, -0.2) is 9.79 Å². The molecule has 0 spiro atoms. The van der Waals surface area contributed by atoms with Crippen molar-refractivity contribution in [2.24, 2.45) is 4.99 Å². The Labute approximate surface area is 202 Å². The Morgan fingerprint density at radius 3 is 2.91 bits per heavy atom. The Bertz CT molecular complexity index is 1460. The monoisotopic (exact) mass is 499 g/mol. The van der Waals surface area contributed by atoms with Gasteiger partial charge >= 0.3 is 5.97 Å². The minimum Gasteiger partial charge on any atom is -0.478 e. The average molecular weight is 500 g/mol. The van der Waals surface area contributed by atoms with E-state index >= 15 is 0 Å². The summed E-state index contributed by atoms with van der Waals surface area (Å²) in [7, 11) is 0. The highest BCUT2D eigenvalue weighted by molar-refractivity contribution is 7.10. The molecule has 0 saturated heterocycles. The molecule has 2 aromatic heterocycles. The van der Waals surface area contributed by atoms with Gasteiger partial charge < -0.3 is 9.47 Å². The Balaban J connectivity index is 1.92. The third-order valence-electron chi connectivity index (χ3n) is 4.88. The van der Waals surface area contributed by atoms with Crippen LogP contribution >= 0.6 is 34.3 Å². The van der Waals surface area contributed by atoms with Gasteiger partial charge in [0.15, 0.2) is 11.4 Å². The van der Waals surface area contributed by atoms with E-state index in [1.54, 1.807) is 38.1 Å². The number of carbonyl (C=O) groups is 1. The van der Waals surface area contributed by atoms with Crippen molar-refractivity contribution < 1.29 is 14.3 Å². The summed E-state index contributed by atoms with van der Waals surface area (Å²) < 4.78 is 12.7. The second kappa shape index (κ2) is 9.75. The maximum atomic E-state index is 13.6. The number of hydrogen-bond donors (Lipinski definition) is 0. The van der Waals surface area contributed by atoms with E-state index in [0.29, 0.717) is 36.9 Å². The summed E-state index contributed by atoms with van der Waals surface area (Å²) in [5.74, 6) is -0.0570. The van der Waals surface area contributed by atoms with Crippen LogP contribution in [0.25, 0.3) is 6.08 Å². The summed E-state index contributed by atoms with van der Waals surface area (Å²) in [6, 6.07) is 10.0. The normalized spacial score (nSPS) is 15.6. The predicted octanol–water partition coefficient (Wildman–Crippen LogP) is 3.42. The zero-order valence-corrected chi connectivity index (χ0v) is 20.1. The van der Waals surface area contributed by atoms with Gasteiger partial charge in [0, 0.05) is 15.5 Å². The number of aromatic nitrogens is 1. The molecular weight excluding hydrogens is 482 g/mol. The van der Waals surface area contributed by atoms with E-state index in [-0.39, 0.29) is 18.8 Å². The molecule has 3 heterocycles. The smallest absolute Gasteiger partial charge is 0.338 e. The largest absolute Gasteiger partial charge is 0.478 e. The molecule has 168 valence electrons. The topological polar surface area (TPSA) is 93.7 Å². The SMILES string of the molecule is CCOC(=O)C1=C(C)N=c2s/c(=C\c3cc(Cl)ccc3OCC#N)c(=O)n2[C@H]1c1cccs1. The van der Waals surface area contributed by atoms with Crippen molar-refractivity contribution in [3.63, 3.8) is 0 Å². The van der Waals surface area contributed by atoms with Gasteiger partial charge in [0.25, 0.3) is 5.56 Å². The number of thiophene rings is 1. The van der Waals surface area contributed by atoms with Gasteiger partial charge in [0.1, 0.15) is 17.9 Å². The molecule has 0 aliphatic carbocycles. The van der Waals surface area contributed by atoms with Crippen molar-refractivity contribution in [3.8, 4) is 11.8 Å². The quantitative estimate of drug-likeness (QED) is 0.484. The van der Waals surface area contributed by atoms with E-state index in [4.69, 9.17) is 26.3 Å². The van der Waals surface area contributed by atoms with Crippen molar-refractivity contribution in [1.82, 2.24) is 4.57 Å². The zero-order valence-electron chi connectivity index (χ0n) is 17.7. The van der Waals surface area contributed by atoms with Crippen LogP contribution in [0.3, 0.4) is 0 Å². The van der Waals surface area contributed by atoms with E-state index in [1.807, 2.05) is 23.6 Å². The number of thiazole rings is 1. The van der Waals surface area contributed by atoms with Gasteiger partial charge in [-0.2, -0.15) is 5.26 Å². The number of ether oxygens (including phenoxy) is 2. The first-order chi connectivity index (χ1) is 15.9. The number of benzene rings is 1. The third kappa shape index (κ3) is 4.50. The van der Waals surface area contributed by atoms with Crippen LogP contribution in [0.2, 0.25) is 5.02 Å². The minimum absolute atomic E-state index is 0.135. The van der Waals surface area contributed by atoms with Gasteiger partial charge in [0.05, 0.1) is 22.4 Å². The second-order valence-corrected chi connectivity index (χ2v) is 9.37. The number of esters is 1. The van der Waals surface area contributed by atoms with Crippen LogP contribution in [0, 0.1) is 11.3 Å². The minimum atomic E-state index is -0.629. The summed E-state index contributed by atoms with van der Waals surface area (Å²) >= 11 is 8.82. The van der Waals surface area contributed by atoms with Crippen molar-refractivity contribution in [2.75, 3.05) is 13.2 Å². The van der Waals surface area contributed by atoms with E-state index in [2.05, 4.69) is 4.99 Å². The van der Waals surface area contributed by atoms with Crippen LogP contribution < -0.4 is 19.6 Å². The molecule has 0 N–H and O–H groups in total. The lowest BCUT2D eigenvalue weighted by Crippen LogP contribution is -2.39. The van der Waals surface area contributed by atoms with Crippen LogP contribution in [0.15, 0.2) is 56.8 Å². The number of halogens is 1. The standard InChI is InChI=1S/C23H18ClN3O4S2/c1-3-30-22(29)19-13(2)26-23-27(20(19)17-5-4-10-32-17)21(28)18(33-23)12-14-11-15(24)6-7-16(14)31-9-8-25/h4-7,10-12,20H,3,9H2,1-2H3/b18-12-/t20-/m0/s1. The van der Waals surface area contributed by atoms with Crippen LogP contribution in [-0.2, 0) is 9.53 Å². The highest BCUT2D eigenvalue weighted by Gasteiger charge is 2.33. The molecule has 0 radical (unpaired) electrons. The zero-order chi connectivity index (χ0) is 23.5. The van der Waals surface area contributed by atoms with Gasteiger partial charge in [-0.1, -0.05) is 29.0 Å². The van der Waals surface area contributed by atoms with Crippen molar-refractivity contribution >= 4 is 46.3 Å². The van der Waals surface area contributed by atoms with Crippen molar-refractivity contribution in [1.29, 1.82) is 5.26 Å². The molecule has 0 amide bonds. The Kier molecular flexibility index (Phi) is 6.79. The number of hydrogen-bond acceptors (Lipinski definition) is 8. The fraction of sp³-hybridized carbons (Fsp3) is 0.217. The highest BCUT2D eigenvalue weighted by atomic mass is 35.5. The molecule has 0 saturated carbocycles. The van der Waals surface area contributed by atoms with Crippen molar-refractivity contribution in [3.05, 3.63) is 82.1 Å². The third-order valence-corrected chi connectivity index (χ3v) is 7.02. The number of carbonyl (C=O) groups excluding carboxylic acids is 1. The summed E-state index contributed by atoms with van der Waals surface area (Å²) in [6.45, 7) is 3.57. The first-order valence-electron chi connectivity index (χ1n) is 9.97. The summed E-state index contributed by atoms with van der Waals surface area (Å²) in [4.78, 5) is 32.2. The number of rotatable bonds is 6. The van der Waals surface area contributed by atoms with Crippen molar-refractivity contribution in [2.45, 2.75) is 19.9 Å². The van der Waals surface area contributed by atoms with Gasteiger partial charge in [-0.05, 0) is 49.6 Å². The molecule has 1 aliphatic rings. The maximum absolute atomic E-state index is 13.6. The Morgan fingerprint density at radius 1 is 1.39 bits per heavy atom. The van der Waals surface area contributed by atoms with Crippen LogP contribution in [0.4, 0.5) is 0 Å². The maximum Gasteiger partial charge on any atom is 0.338 e. The molecule has 0 unspecified atom stereocenters. The van der Waals surface area contributed by atoms with Crippen LogP contribution in [-0.4, -0.2) is 23.8 Å². The molecule has 10 heteroatoms.